The van der Waals surface area contributed by atoms with E-state index in [9.17, 15) is 14.9 Å². The van der Waals surface area contributed by atoms with Crippen molar-refractivity contribution in [3.05, 3.63) is 33.3 Å². The molecule has 1 aliphatic heterocycles. The van der Waals surface area contributed by atoms with E-state index in [1.807, 2.05) is 5.38 Å². The lowest BCUT2D eigenvalue weighted by atomic mass is 10.1. The zero-order chi connectivity index (χ0) is 20.3. The number of rotatable bonds is 6. The maximum Gasteiger partial charge on any atom is 0.327 e. The molecule has 0 bridgehead atoms. The number of nitro benzene ring substituents is 1. The Balaban J connectivity index is 1.92. The van der Waals surface area contributed by atoms with E-state index in [0.29, 0.717) is 26.2 Å². The van der Waals surface area contributed by atoms with Crippen LogP contribution in [-0.2, 0) is 0 Å². The molecule has 1 saturated heterocycles. The van der Waals surface area contributed by atoms with E-state index in [0.717, 1.165) is 5.13 Å². The summed E-state index contributed by atoms with van der Waals surface area (Å²) in [6, 6.07) is 1.33. The number of ether oxygens (including phenoxy) is 3. The van der Waals surface area contributed by atoms with Crippen LogP contribution in [0, 0.1) is 10.1 Å². The highest BCUT2D eigenvalue weighted by molar-refractivity contribution is 7.13. The van der Waals surface area contributed by atoms with Crippen LogP contribution in [0.5, 0.6) is 17.2 Å². The van der Waals surface area contributed by atoms with Gasteiger partial charge in [-0.05, 0) is 0 Å². The van der Waals surface area contributed by atoms with Crippen LogP contribution in [0.3, 0.4) is 0 Å². The number of benzene rings is 1. The average molecular weight is 408 g/mol. The summed E-state index contributed by atoms with van der Waals surface area (Å²) in [6.07, 6.45) is 1.73. The number of nitro groups is 1. The molecule has 11 heteroatoms. The first-order valence-corrected chi connectivity index (χ1v) is 9.30. The number of amides is 1. The van der Waals surface area contributed by atoms with Crippen LogP contribution in [0.4, 0.5) is 10.8 Å². The molecular weight excluding hydrogens is 388 g/mol. The van der Waals surface area contributed by atoms with Gasteiger partial charge in [-0.2, -0.15) is 0 Å². The molecule has 2 heterocycles. The van der Waals surface area contributed by atoms with Crippen molar-refractivity contribution in [3.8, 4) is 17.2 Å². The molecule has 0 aliphatic carbocycles. The molecule has 1 aromatic carbocycles. The summed E-state index contributed by atoms with van der Waals surface area (Å²) in [5.41, 5.74) is -0.533. The molecule has 10 nitrogen and oxygen atoms in total. The molecule has 2 aromatic rings. The minimum Gasteiger partial charge on any atom is -0.493 e. The first kappa shape index (κ1) is 19.7. The Morgan fingerprint density at radius 3 is 2.32 bits per heavy atom. The minimum atomic E-state index is -0.639. The monoisotopic (exact) mass is 408 g/mol. The minimum absolute atomic E-state index is 0.0711. The number of hydrogen-bond acceptors (Lipinski definition) is 9. The summed E-state index contributed by atoms with van der Waals surface area (Å²) in [5.74, 6) is -0.335. The first-order chi connectivity index (χ1) is 13.5. The summed E-state index contributed by atoms with van der Waals surface area (Å²) in [7, 11) is 4.03. The number of methoxy groups -OCH3 is 3. The smallest absolute Gasteiger partial charge is 0.327 e. The SMILES string of the molecule is COc1cc(C(=O)N2CCN(c3nccs3)CC2)c([N+](=O)[O-])c(OC)c1OC. The highest BCUT2D eigenvalue weighted by Crippen LogP contribution is 2.46. The molecule has 1 aromatic heterocycles. The van der Waals surface area contributed by atoms with E-state index in [1.165, 1.54) is 38.7 Å². The number of carbonyl (C=O) groups is 1. The van der Waals surface area contributed by atoms with Gasteiger partial charge in [-0.1, -0.05) is 0 Å². The van der Waals surface area contributed by atoms with E-state index in [-0.39, 0.29) is 22.8 Å². The van der Waals surface area contributed by atoms with Crippen LogP contribution in [0.25, 0.3) is 0 Å². The van der Waals surface area contributed by atoms with E-state index in [4.69, 9.17) is 14.2 Å². The van der Waals surface area contributed by atoms with Gasteiger partial charge in [-0.3, -0.25) is 14.9 Å². The Hall–Kier alpha value is -3.08. The van der Waals surface area contributed by atoms with Crippen molar-refractivity contribution in [2.75, 3.05) is 52.4 Å². The highest BCUT2D eigenvalue weighted by atomic mass is 32.1. The van der Waals surface area contributed by atoms with Crippen LogP contribution < -0.4 is 19.1 Å². The largest absolute Gasteiger partial charge is 0.493 e. The molecule has 28 heavy (non-hydrogen) atoms. The third kappa shape index (κ3) is 3.52. The number of hydrogen-bond donors (Lipinski definition) is 0. The van der Waals surface area contributed by atoms with Gasteiger partial charge >= 0.3 is 5.69 Å². The molecule has 1 aliphatic rings. The lowest BCUT2D eigenvalue weighted by Crippen LogP contribution is -2.48. The van der Waals surface area contributed by atoms with E-state index >= 15 is 0 Å². The summed E-state index contributed by atoms with van der Waals surface area (Å²) < 4.78 is 15.6. The fourth-order valence-corrected chi connectivity index (χ4v) is 3.83. The van der Waals surface area contributed by atoms with Crippen LogP contribution in [0.15, 0.2) is 17.6 Å². The van der Waals surface area contributed by atoms with Gasteiger partial charge in [0, 0.05) is 43.8 Å². The lowest BCUT2D eigenvalue weighted by Gasteiger charge is -2.34. The Morgan fingerprint density at radius 2 is 1.82 bits per heavy atom. The second kappa shape index (κ2) is 8.30. The van der Waals surface area contributed by atoms with Gasteiger partial charge in [0.25, 0.3) is 5.91 Å². The molecule has 1 amide bonds. The van der Waals surface area contributed by atoms with Gasteiger partial charge < -0.3 is 24.0 Å². The Bertz CT molecular complexity index is 865. The first-order valence-electron chi connectivity index (χ1n) is 8.42. The molecule has 3 rings (SSSR count). The standard InChI is InChI=1S/C17H20N4O6S/c1-25-12-10-11(13(21(23)24)15(27-3)14(12)26-2)16(22)19-5-7-20(8-6-19)17-18-4-9-28-17/h4,9-10H,5-8H2,1-3H3. The van der Waals surface area contributed by atoms with Crippen molar-refractivity contribution in [2.24, 2.45) is 0 Å². The van der Waals surface area contributed by atoms with Crippen molar-refractivity contribution in [1.82, 2.24) is 9.88 Å². The number of aromatic nitrogens is 1. The number of anilines is 1. The number of nitrogens with zero attached hydrogens (tertiary/aromatic N) is 4. The molecule has 1 fully saturated rings. The van der Waals surface area contributed by atoms with Crippen LogP contribution in [0.2, 0.25) is 0 Å². The van der Waals surface area contributed by atoms with Gasteiger partial charge in [0.05, 0.1) is 26.3 Å². The summed E-state index contributed by atoms with van der Waals surface area (Å²) in [5, 5.41) is 14.5. The van der Waals surface area contributed by atoms with Crippen molar-refractivity contribution in [1.29, 1.82) is 0 Å². The quantitative estimate of drug-likeness (QED) is 0.528. The van der Waals surface area contributed by atoms with Gasteiger partial charge in [-0.15, -0.1) is 11.3 Å². The normalized spacial score (nSPS) is 14.0. The van der Waals surface area contributed by atoms with Crippen molar-refractivity contribution < 1.29 is 23.9 Å². The van der Waals surface area contributed by atoms with Crippen LogP contribution in [0.1, 0.15) is 10.4 Å². The third-order valence-corrected chi connectivity index (χ3v) is 5.31. The summed E-state index contributed by atoms with van der Waals surface area (Å²) in [4.78, 5) is 32.1. The second-order valence-electron chi connectivity index (χ2n) is 5.89. The fraction of sp³-hybridized carbons (Fsp3) is 0.412. The molecule has 0 saturated carbocycles. The fourth-order valence-electron chi connectivity index (χ4n) is 3.13. The molecule has 0 atom stereocenters. The molecule has 0 N–H and O–H groups in total. The Labute approximate surface area is 165 Å². The van der Waals surface area contributed by atoms with Crippen LogP contribution in [-0.4, -0.2) is 68.2 Å². The van der Waals surface area contributed by atoms with Crippen molar-refractivity contribution in [3.63, 3.8) is 0 Å². The molecule has 0 radical (unpaired) electrons. The van der Waals surface area contributed by atoms with E-state index in [2.05, 4.69) is 9.88 Å². The summed E-state index contributed by atoms with van der Waals surface area (Å²) >= 11 is 1.53. The zero-order valence-corrected chi connectivity index (χ0v) is 16.5. The predicted molar refractivity (Wildman–Crippen MR) is 103 cm³/mol. The third-order valence-electron chi connectivity index (χ3n) is 4.47. The van der Waals surface area contributed by atoms with Crippen molar-refractivity contribution in [2.45, 2.75) is 0 Å². The summed E-state index contributed by atoms with van der Waals surface area (Å²) in [6.45, 7) is 2.04. The Morgan fingerprint density at radius 1 is 1.14 bits per heavy atom. The predicted octanol–water partition coefficient (Wildman–Crippen LogP) is 2.04. The average Bonchev–Trinajstić information content (AvgIpc) is 3.26. The number of carbonyl (C=O) groups excluding carboxylic acids is 1. The number of thiazole rings is 1. The second-order valence-corrected chi connectivity index (χ2v) is 6.77. The number of piperazine rings is 1. The van der Waals surface area contributed by atoms with Crippen molar-refractivity contribution >= 4 is 28.1 Å². The van der Waals surface area contributed by atoms with Gasteiger partial charge in [0.15, 0.2) is 10.9 Å². The van der Waals surface area contributed by atoms with E-state index in [1.54, 1.807) is 11.1 Å². The lowest BCUT2D eigenvalue weighted by molar-refractivity contribution is -0.386. The maximum atomic E-state index is 13.1. The molecule has 0 unspecified atom stereocenters. The van der Waals surface area contributed by atoms with Gasteiger partial charge in [0.2, 0.25) is 11.5 Å². The molecule has 0 spiro atoms. The van der Waals surface area contributed by atoms with Crippen LogP contribution >= 0.6 is 11.3 Å². The van der Waals surface area contributed by atoms with Gasteiger partial charge in [0.1, 0.15) is 5.56 Å². The molecule has 150 valence electrons. The Kier molecular flexibility index (Phi) is 5.83. The maximum absolute atomic E-state index is 13.1. The zero-order valence-electron chi connectivity index (χ0n) is 15.7. The molecular formula is C17H20N4O6S. The van der Waals surface area contributed by atoms with Gasteiger partial charge in [-0.25, -0.2) is 4.98 Å². The highest BCUT2D eigenvalue weighted by Gasteiger charge is 2.35. The topological polar surface area (TPSA) is 107 Å². The van der Waals surface area contributed by atoms with E-state index < -0.39 is 16.5 Å².